The van der Waals surface area contributed by atoms with Gasteiger partial charge in [-0.3, -0.25) is 9.29 Å². The van der Waals surface area contributed by atoms with Crippen LogP contribution in [0.3, 0.4) is 0 Å². The van der Waals surface area contributed by atoms with E-state index < -0.39 is 10.0 Å². The summed E-state index contributed by atoms with van der Waals surface area (Å²) >= 11 is 0. The molecule has 1 N–H and O–H groups in total. The summed E-state index contributed by atoms with van der Waals surface area (Å²) < 4.78 is 36.0. The third-order valence-corrected chi connectivity index (χ3v) is 7.46. The molecule has 8 nitrogen and oxygen atoms in total. The van der Waals surface area contributed by atoms with Crippen molar-refractivity contribution in [3.05, 3.63) is 83.4 Å². The Morgan fingerprint density at radius 3 is 2.35 bits per heavy atom. The molecular weight excluding hydrogens is 450 g/mol. The van der Waals surface area contributed by atoms with Gasteiger partial charge in [-0.25, -0.2) is 13.4 Å². The van der Waals surface area contributed by atoms with Gasteiger partial charge in [-0.15, -0.1) is 10.2 Å². The van der Waals surface area contributed by atoms with Crippen LogP contribution in [0.1, 0.15) is 35.4 Å². The molecule has 0 aliphatic heterocycles. The number of imidazole rings is 1. The van der Waals surface area contributed by atoms with Crippen LogP contribution in [0.2, 0.25) is 0 Å². The van der Waals surface area contributed by atoms with Gasteiger partial charge in [0.1, 0.15) is 12.1 Å². The molecule has 0 atom stereocenters. The average molecular weight is 476 g/mol. The van der Waals surface area contributed by atoms with E-state index in [1.165, 1.54) is 5.56 Å². The molecule has 9 heteroatoms. The number of hydrogen-bond acceptors (Lipinski definition) is 6. The van der Waals surface area contributed by atoms with E-state index in [1.807, 2.05) is 24.5 Å². The minimum atomic E-state index is -3.67. The first-order chi connectivity index (χ1) is 16.4. The van der Waals surface area contributed by atoms with Gasteiger partial charge in [0.2, 0.25) is 5.88 Å². The first-order valence-electron chi connectivity index (χ1n) is 11.2. The summed E-state index contributed by atoms with van der Waals surface area (Å²) in [6.45, 7) is 3.91. The van der Waals surface area contributed by atoms with Crippen molar-refractivity contribution in [2.45, 2.75) is 44.4 Å². The SMILES string of the molecule is Cc1ncn(-c2ccc(Oc3ccc(NS(=O)(=O)c4ccc5c(c4)CCCC5)cc3)nn2)c1C. The molecule has 174 valence electrons. The fourth-order valence-corrected chi connectivity index (χ4v) is 5.14. The number of ether oxygens (including phenoxy) is 1. The van der Waals surface area contributed by atoms with Crippen LogP contribution in [0.15, 0.2) is 65.8 Å². The lowest BCUT2D eigenvalue weighted by atomic mass is 9.92. The maximum Gasteiger partial charge on any atom is 0.261 e. The van der Waals surface area contributed by atoms with Crippen molar-refractivity contribution in [3.63, 3.8) is 0 Å². The molecule has 34 heavy (non-hydrogen) atoms. The molecule has 0 unspecified atom stereocenters. The van der Waals surface area contributed by atoms with Crippen LogP contribution in [0.25, 0.3) is 5.82 Å². The predicted molar refractivity (Wildman–Crippen MR) is 129 cm³/mol. The van der Waals surface area contributed by atoms with Gasteiger partial charge in [-0.1, -0.05) is 6.07 Å². The molecule has 2 aromatic heterocycles. The number of hydrogen-bond donors (Lipinski definition) is 1. The van der Waals surface area contributed by atoms with Crippen LogP contribution in [-0.2, 0) is 22.9 Å². The standard InChI is InChI=1S/C25H25N5O3S/c1-17-18(2)30(16-26-17)24-13-14-25(28-27-24)33-22-10-8-21(9-11-22)29-34(31,32)23-12-7-19-5-3-4-6-20(19)15-23/h7-16,29H,3-6H2,1-2H3. The van der Waals surface area contributed by atoms with E-state index in [0.717, 1.165) is 42.6 Å². The topological polar surface area (TPSA) is 99.0 Å². The van der Waals surface area contributed by atoms with E-state index in [4.69, 9.17) is 4.74 Å². The van der Waals surface area contributed by atoms with E-state index in [2.05, 4.69) is 19.9 Å². The Bertz CT molecular complexity index is 1430. The zero-order valence-corrected chi connectivity index (χ0v) is 19.8. The summed E-state index contributed by atoms with van der Waals surface area (Å²) in [6.07, 6.45) is 5.91. The van der Waals surface area contributed by atoms with Gasteiger partial charge in [0.15, 0.2) is 5.82 Å². The largest absolute Gasteiger partial charge is 0.438 e. The number of nitrogens with one attached hydrogen (secondary N) is 1. The second kappa shape index (κ2) is 8.90. The van der Waals surface area contributed by atoms with Gasteiger partial charge in [-0.05, 0) is 93.1 Å². The highest BCUT2D eigenvalue weighted by molar-refractivity contribution is 7.92. The zero-order valence-electron chi connectivity index (χ0n) is 19.0. The number of benzene rings is 2. The Morgan fingerprint density at radius 1 is 0.912 bits per heavy atom. The van der Waals surface area contributed by atoms with Crippen molar-refractivity contribution in [2.24, 2.45) is 0 Å². The molecule has 0 amide bonds. The molecule has 2 heterocycles. The fraction of sp³-hybridized carbons (Fsp3) is 0.240. The molecule has 5 rings (SSSR count). The molecule has 0 fully saturated rings. The monoisotopic (exact) mass is 475 g/mol. The normalized spacial score (nSPS) is 13.4. The van der Waals surface area contributed by atoms with Gasteiger partial charge in [0.25, 0.3) is 10.0 Å². The zero-order chi connectivity index (χ0) is 23.7. The van der Waals surface area contributed by atoms with Crippen LogP contribution >= 0.6 is 0 Å². The van der Waals surface area contributed by atoms with Crippen molar-refractivity contribution >= 4 is 15.7 Å². The first-order valence-corrected chi connectivity index (χ1v) is 12.6. The highest BCUT2D eigenvalue weighted by Crippen LogP contribution is 2.27. The van der Waals surface area contributed by atoms with Gasteiger partial charge < -0.3 is 4.74 Å². The van der Waals surface area contributed by atoms with Crippen LogP contribution in [0.5, 0.6) is 11.6 Å². The quantitative estimate of drug-likeness (QED) is 0.432. The summed E-state index contributed by atoms with van der Waals surface area (Å²) in [5, 5.41) is 8.33. The highest BCUT2D eigenvalue weighted by Gasteiger charge is 2.18. The van der Waals surface area contributed by atoms with Gasteiger partial charge >= 0.3 is 0 Å². The van der Waals surface area contributed by atoms with Crippen molar-refractivity contribution in [1.29, 1.82) is 0 Å². The summed E-state index contributed by atoms with van der Waals surface area (Å²) in [7, 11) is -3.67. The van der Waals surface area contributed by atoms with E-state index in [9.17, 15) is 8.42 Å². The summed E-state index contributed by atoms with van der Waals surface area (Å²) in [4.78, 5) is 4.55. The lowest BCUT2D eigenvalue weighted by Gasteiger charge is -2.17. The van der Waals surface area contributed by atoms with Crippen molar-refractivity contribution < 1.29 is 13.2 Å². The summed E-state index contributed by atoms with van der Waals surface area (Å²) in [6, 6.07) is 15.6. The molecule has 0 saturated carbocycles. The van der Waals surface area contributed by atoms with Crippen molar-refractivity contribution in [3.8, 4) is 17.4 Å². The Balaban J connectivity index is 1.26. The minimum absolute atomic E-state index is 0.284. The summed E-state index contributed by atoms with van der Waals surface area (Å²) in [5.41, 5.74) is 4.76. The third-order valence-electron chi connectivity index (χ3n) is 6.08. The Labute approximate surface area is 198 Å². The Kier molecular flexibility index (Phi) is 5.79. The Hall–Kier alpha value is -3.72. The number of anilines is 1. The maximum atomic E-state index is 12.9. The molecule has 0 saturated heterocycles. The molecule has 0 radical (unpaired) electrons. The average Bonchev–Trinajstić information content (AvgIpc) is 3.18. The number of fused-ring (bicyclic) bond motifs is 1. The smallest absolute Gasteiger partial charge is 0.261 e. The van der Waals surface area contributed by atoms with Crippen molar-refractivity contribution in [2.75, 3.05) is 4.72 Å². The van der Waals surface area contributed by atoms with Gasteiger partial charge in [0, 0.05) is 17.4 Å². The van der Waals surface area contributed by atoms with E-state index >= 15 is 0 Å². The predicted octanol–water partition coefficient (Wildman–Crippen LogP) is 4.75. The molecule has 0 spiro atoms. The van der Waals surface area contributed by atoms with E-state index in [-0.39, 0.29) is 4.90 Å². The van der Waals surface area contributed by atoms with Crippen LogP contribution in [0.4, 0.5) is 5.69 Å². The second-order valence-corrected chi connectivity index (χ2v) is 10.1. The Morgan fingerprint density at radius 2 is 1.68 bits per heavy atom. The lowest BCUT2D eigenvalue weighted by molar-refractivity contribution is 0.454. The lowest BCUT2D eigenvalue weighted by Crippen LogP contribution is -2.14. The van der Waals surface area contributed by atoms with Crippen molar-refractivity contribution in [1.82, 2.24) is 19.7 Å². The van der Waals surface area contributed by atoms with Gasteiger partial charge in [-0.2, -0.15) is 0 Å². The number of rotatable bonds is 6. The number of aryl methyl sites for hydroxylation is 3. The molecular formula is C25H25N5O3S. The number of sulfonamides is 1. The van der Waals surface area contributed by atoms with E-state index in [1.54, 1.807) is 54.9 Å². The van der Waals surface area contributed by atoms with Gasteiger partial charge in [0.05, 0.1) is 10.6 Å². The molecule has 1 aliphatic rings. The summed E-state index contributed by atoms with van der Waals surface area (Å²) in [5.74, 6) is 1.51. The molecule has 0 bridgehead atoms. The maximum absolute atomic E-state index is 12.9. The number of aromatic nitrogens is 4. The van der Waals surface area contributed by atoms with Crippen LogP contribution in [-0.4, -0.2) is 28.2 Å². The second-order valence-electron chi connectivity index (χ2n) is 8.38. The van der Waals surface area contributed by atoms with Crippen LogP contribution in [0, 0.1) is 13.8 Å². The van der Waals surface area contributed by atoms with E-state index in [0.29, 0.717) is 23.1 Å². The van der Waals surface area contributed by atoms with Crippen LogP contribution < -0.4 is 9.46 Å². The molecule has 4 aromatic rings. The first kappa shape index (κ1) is 22.1. The minimum Gasteiger partial charge on any atom is -0.438 e. The molecule has 2 aromatic carbocycles. The third kappa shape index (κ3) is 4.51. The molecule has 1 aliphatic carbocycles. The number of nitrogens with zero attached hydrogens (tertiary/aromatic N) is 4. The fourth-order valence-electron chi connectivity index (χ4n) is 4.03. The highest BCUT2D eigenvalue weighted by atomic mass is 32.2.